The number of nitrogens with one attached hydrogen (secondary N) is 1. The number of hydrogen-bond acceptors (Lipinski definition) is 2. The first-order valence-electron chi connectivity index (χ1n) is 5.14. The van der Waals surface area contributed by atoms with Crippen LogP contribution in [0.5, 0.6) is 0 Å². The molecule has 0 fully saturated rings. The fourth-order valence-corrected chi connectivity index (χ4v) is 1.88. The molecule has 1 rings (SSSR count). The summed E-state index contributed by atoms with van der Waals surface area (Å²) in [7, 11) is 1.66. The van der Waals surface area contributed by atoms with Crippen molar-refractivity contribution >= 4 is 21.7 Å². The molecule has 0 aliphatic rings. The molecule has 0 amide bonds. The lowest BCUT2D eigenvalue weighted by atomic mass is 9.99. The number of rotatable bonds is 4. The van der Waals surface area contributed by atoms with Crippen LogP contribution >= 0.6 is 15.9 Å². The Labute approximate surface area is 103 Å². The number of likely N-dealkylation sites (N-methyl/N-ethyl adjacent to an activating group) is 1. The molecule has 16 heavy (non-hydrogen) atoms. The summed E-state index contributed by atoms with van der Waals surface area (Å²) in [5.41, 5.74) is 1.10. The lowest BCUT2D eigenvalue weighted by molar-refractivity contribution is 0.0989. The monoisotopic (exact) mass is 287 g/mol. The van der Waals surface area contributed by atoms with Crippen molar-refractivity contribution in [2.75, 3.05) is 13.6 Å². The van der Waals surface area contributed by atoms with Crippen LogP contribution in [0.1, 0.15) is 35.7 Å². The van der Waals surface area contributed by atoms with E-state index in [0.717, 1.165) is 5.56 Å². The third-order valence-electron chi connectivity index (χ3n) is 2.35. The molecule has 88 valence electrons. The van der Waals surface area contributed by atoms with Gasteiger partial charge >= 0.3 is 0 Å². The molecule has 1 N–H and O–H groups in total. The molecule has 0 spiro atoms. The molecule has 0 atom stereocenters. The summed E-state index contributed by atoms with van der Waals surface area (Å²) in [6.07, 6.45) is 0. The lowest BCUT2D eigenvalue weighted by Crippen LogP contribution is -2.20. The molecule has 0 aliphatic carbocycles. The lowest BCUT2D eigenvalue weighted by Gasteiger charge is -2.10. The molecule has 0 saturated carbocycles. The maximum atomic E-state index is 13.7. The number of hydrogen-bond donors (Lipinski definition) is 1. The van der Waals surface area contributed by atoms with Gasteiger partial charge in [0.25, 0.3) is 0 Å². The van der Waals surface area contributed by atoms with Crippen LogP contribution in [0.4, 0.5) is 4.39 Å². The second kappa shape index (κ2) is 5.55. The van der Waals surface area contributed by atoms with E-state index in [2.05, 4.69) is 21.2 Å². The van der Waals surface area contributed by atoms with Crippen LogP contribution in [0, 0.1) is 5.82 Å². The number of Topliss-reactive ketones (excluding diaryl/α,β-unsaturated/α-hetero) is 1. The third-order valence-corrected chi connectivity index (χ3v) is 2.93. The molecule has 0 aromatic heterocycles. The van der Waals surface area contributed by atoms with E-state index in [1.54, 1.807) is 19.2 Å². The highest BCUT2D eigenvalue weighted by molar-refractivity contribution is 9.10. The molecule has 4 heteroatoms. The summed E-state index contributed by atoms with van der Waals surface area (Å²) in [4.78, 5) is 11.7. The van der Waals surface area contributed by atoms with E-state index >= 15 is 0 Å². The van der Waals surface area contributed by atoms with Crippen LogP contribution in [-0.4, -0.2) is 19.4 Å². The zero-order valence-electron chi connectivity index (χ0n) is 9.60. The molecule has 1 aromatic carbocycles. The first-order valence-corrected chi connectivity index (χ1v) is 5.93. The normalized spacial score (nSPS) is 10.9. The smallest absolute Gasteiger partial charge is 0.179 e. The Morgan fingerprint density at radius 2 is 2.12 bits per heavy atom. The predicted molar refractivity (Wildman–Crippen MR) is 66.4 cm³/mol. The van der Waals surface area contributed by atoms with Crippen molar-refractivity contribution in [3.05, 3.63) is 33.5 Å². The molecule has 0 heterocycles. The fraction of sp³-hybridized carbons (Fsp3) is 0.417. The topological polar surface area (TPSA) is 29.1 Å². The Kier molecular flexibility index (Phi) is 4.62. The minimum absolute atomic E-state index is 0.144. The molecule has 1 aromatic rings. The Bertz CT molecular complexity index is 404. The first-order chi connectivity index (χ1) is 7.47. The highest BCUT2D eigenvalue weighted by Gasteiger charge is 2.16. The van der Waals surface area contributed by atoms with Crippen LogP contribution in [0.2, 0.25) is 0 Å². The van der Waals surface area contributed by atoms with Crippen molar-refractivity contribution in [2.45, 2.75) is 19.8 Å². The van der Waals surface area contributed by atoms with E-state index in [4.69, 9.17) is 0 Å². The molecule has 2 nitrogen and oxygen atoms in total. The van der Waals surface area contributed by atoms with Crippen LogP contribution in [0.15, 0.2) is 16.6 Å². The number of ketones is 1. The Morgan fingerprint density at radius 3 is 2.62 bits per heavy atom. The van der Waals surface area contributed by atoms with E-state index in [0.29, 0.717) is 4.47 Å². The Morgan fingerprint density at radius 1 is 1.50 bits per heavy atom. The van der Waals surface area contributed by atoms with Gasteiger partial charge in [0, 0.05) is 0 Å². The molecule has 0 bridgehead atoms. The third kappa shape index (κ3) is 2.89. The Hall–Kier alpha value is -0.740. The van der Waals surface area contributed by atoms with Crippen LogP contribution in [0.25, 0.3) is 0 Å². The SMILES string of the molecule is CNCC(=O)c1cc(C(C)C)cc(Br)c1F. The summed E-state index contributed by atoms with van der Waals surface area (Å²) in [5, 5.41) is 2.73. The van der Waals surface area contributed by atoms with E-state index < -0.39 is 5.82 Å². The van der Waals surface area contributed by atoms with E-state index in [-0.39, 0.29) is 23.8 Å². The number of carbonyl (C=O) groups is 1. The van der Waals surface area contributed by atoms with E-state index in [1.807, 2.05) is 13.8 Å². The molecule has 0 aliphatic heterocycles. The average Bonchev–Trinajstić information content (AvgIpc) is 2.21. The largest absolute Gasteiger partial charge is 0.313 e. The van der Waals surface area contributed by atoms with Gasteiger partial charge in [-0.15, -0.1) is 0 Å². The summed E-state index contributed by atoms with van der Waals surface area (Å²) < 4.78 is 14.1. The number of halogens is 2. The Balaban J connectivity index is 3.21. The standard InChI is InChI=1S/C12H15BrFNO/c1-7(2)8-4-9(11(16)6-15-3)12(14)10(13)5-8/h4-5,7,15H,6H2,1-3H3. The predicted octanol–water partition coefficient (Wildman–Crippen LogP) is 3.11. The van der Waals surface area contributed by atoms with Crippen molar-refractivity contribution in [1.82, 2.24) is 5.32 Å². The van der Waals surface area contributed by atoms with Crippen molar-refractivity contribution in [3.8, 4) is 0 Å². The van der Waals surface area contributed by atoms with Crippen molar-refractivity contribution < 1.29 is 9.18 Å². The minimum Gasteiger partial charge on any atom is -0.313 e. The van der Waals surface area contributed by atoms with Gasteiger partial charge in [0.2, 0.25) is 0 Å². The second-order valence-electron chi connectivity index (χ2n) is 3.97. The molecule has 0 saturated heterocycles. The van der Waals surface area contributed by atoms with E-state index in [9.17, 15) is 9.18 Å². The molecular weight excluding hydrogens is 273 g/mol. The maximum absolute atomic E-state index is 13.7. The summed E-state index contributed by atoms with van der Waals surface area (Å²) in [5.74, 6) is -0.453. The molecule has 0 unspecified atom stereocenters. The van der Waals surface area contributed by atoms with Gasteiger partial charge in [-0.1, -0.05) is 13.8 Å². The zero-order chi connectivity index (χ0) is 12.3. The van der Waals surface area contributed by atoms with Gasteiger partial charge in [0.15, 0.2) is 5.78 Å². The summed E-state index contributed by atoms with van der Waals surface area (Å²) in [6, 6.07) is 3.35. The summed E-state index contributed by atoms with van der Waals surface area (Å²) in [6.45, 7) is 4.16. The quantitative estimate of drug-likeness (QED) is 0.862. The van der Waals surface area contributed by atoms with Gasteiger partial charge in [0.1, 0.15) is 5.82 Å². The van der Waals surface area contributed by atoms with Gasteiger partial charge in [-0.2, -0.15) is 0 Å². The van der Waals surface area contributed by atoms with Gasteiger partial charge in [-0.25, -0.2) is 4.39 Å². The second-order valence-corrected chi connectivity index (χ2v) is 4.83. The van der Waals surface area contributed by atoms with Gasteiger partial charge in [0.05, 0.1) is 16.6 Å². The fourth-order valence-electron chi connectivity index (χ4n) is 1.40. The first kappa shape index (κ1) is 13.3. The highest BCUT2D eigenvalue weighted by Crippen LogP contribution is 2.25. The number of benzene rings is 1. The van der Waals surface area contributed by atoms with Crippen LogP contribution in [0.3, 0.4) is 0 Å². The van der Waals surface area contributed by atoms with E-state index in [1.165, 1.54) is 0 Å². The van der Waals surface area contributed by atoms with Crippen LogP contribution < -0.4 is 5.32 Å². The zero-order valence-corrected chi connectivity index (χ0v) is 11.2. The summed E-state index contributed by atoms with van der Waals surface area (Å²) >= 11 is 3.14. The maximum Gasteiger partial charge on any atom is 0.179 e. The van der Waals surface area contributed by atoms with Crippen molar-refractivity contribution in [1.29, 1.82) is 0 Å². The van der Waals surface area contributed by atoms with Gasteiger partial charge in [-0.05, 0) is 46.6 Å². The highest BCUT2D eigenvalue weighted by atomic mass is 79.9. The minimum atomic E-state index is -0.482. The number of carbonyl (C=O) groups excluding carboxylic acids is 1. The average molecular weight is 288 g/mol. The van der Waals surface area contributed by atoms with Gasteiger partial charge < -0.3 is 5.32 Å². The van der Waals surface area contributed by atoms with Crippen molar-refractivity contribution in [2.24, 2.45) is 0 Å². The van der Waals surface area contributed by atoms with Crippen molar-refractivity contribution in [3.63, 3.8) is 0 Å². The van der Waals surface area contributed by atoms with Crippen LogP contribution in [-0.2, 0) is 0 Å². The molecular formula is C12H15BrFNO. The molecule has 0 radical (unpaired) electrons. The van der Waals surface area contributed by atoms with Gasteiger partial charge in [-0.3, -0.25) is 4.79 Å².